The van der Waals surface area contributed by atoms with E-state index >= 15 is 0 Å². The second kappa shape index (κ2) is 8.21. The molecule has 0 unspecified atom stereocenters. The Bertz CT molecular complexity index is 1100. The third-order valence-corrected chi connectivity index (χ3v) is 6.22. The summed E-state index contributed by atoms with van der Waals surface area (Å²) in [5.41, 5.74) is 10.5. The molecule has 1 amide bonds. The first-order chi connectivity index (χ1) is 14.0. The summed E-state index contributed by atoms with van der Waals surface area (Å²) in [6.45, 7) is 2.78. The lowest BCUT2D eigenvalue weighted by Crippen LogP contribution is -2.24. The molecule has 0 atom stereocenters. The number of fused-ring (bicyclic) bond motifs is 2. The van der Waals surface area contributed by atoms with Crippen LogP contribution in [-0.2, 0) is 30.6 Å². The van der Waals surface area contributed by atoms with Gasteiger partial charge in [0.2, 0.25) is 5.91 Å². The Labute approximate surface area is 181 Å². The van der Waals surface area contributed by atoms with Gasteiger partial charge < -0.3 is 15.6 Å². The normalized spacial score (nSPS) is 13.1. The number of aromatic nitrogens is 4. The van der Waals surface area contributed by atoms with E-state index in [0.29, 0.717) is 36.5 Å². The lowest BCUT2D eigenvalue weighted by Gasteiger charge is -2.11. The highest BCUT2D eigenvalue weighted by molar-refractivity contribution is 14.1. The number of benzene rings is 1. The third kappa shape index (κ3) is 4.05. The van der Waals surface area contributed by atoms with Crippen LogP contribution in [-0.4, -0.2) is 32.0 Å². The fourth-order valence-corrected chi connectivity index (χ4v) is 4.58. The number of amides is 1. The molecule has 0 bridgehead atoms. The van der Waals surface area contributed by atoms with Gasteiger partial charge in [-0.15, -0.1) is 0 Å². The number of hydrogen-bond donors (Lipinski definition) is 2. The van der Waals surface area contributed by atoms with Gasteiger partial charge in [-0.25, -0.2) is 4.98 Å². The van der Waals surface area contributed by atoms with Gasteiger partial charge in [0.25, 0.3) is 0 Å². The summed E-state index contributed by atoms with van der Waals surface area (Å²) in [7, 11) is 0. The fraction of sp³-hybridized carbons (Fsp3) is 0.400. The molecule has 0 spiro atoms. The molecule has 2 heterocycles. The van der Waals surface area contributed by atoms with Gasteiger partial charge >= 0.3 is 6.08 Å². The molecular weight excluding hydrogens is 486 g/mol. The highest BCUT2D eigenvalue weighted by atomic mass is 127. The van der Waals surface area contributed by atoms with Gasteiger partial charge in [0.05, 0.1) is 0 Å². The van der Waals surface area contributed by atoms with Gasteiger partial charge in [0, 0.05) is 29.5 Å². The fourth-order valence-electron chi connectivity index (χ4n) is 3.86. The molecule has 1 aliphatic rings. The van der Waals surface area contributed by atoms with Crippen molar-refractivity contribution in [3.63, 3.8) is 0 Å². The van der Waals surface area contributed by atoms with E-state index < -0.39 is 6.08 Å². The average Bonchev–Trinajstić information content (AvgIpc) is 3.25. The molecule has 4 rings (SSSR count). The lowest BCUT2D eigenvalue weighted by molar-refractivity contribution is -0.121. The van der Waals surface area contributed by atoms with Crippen molar-refractivity contribution >= 4 is 45.5 Å². The Morgan fingerprint density at radius 3 is 2.79 bits per heavy atom. The van der Waals surface area contributed by atoms with Gasteiger partial charge in [-0.1, -0.05) is 6.07 Å². The maximum Gasteiger partial charge on any atom is 0.312 e. The van der Waals surface area contributed by atoms with Gasteiger partial charge in [0.15, 0.2) is 17.0 Å². The monoisotopic (exact) mass is 508 g/mol. The van der Waals surface area contributed by atoms with Crippen LogP contribution in [0.2, 0.25) is 0 Å². The Kier molecular flexibility index (Phi) is 5.66. The second-order valence-electron chi connectivity index (χ2n) is 7.18. The van der Waals surface area contributed by atoms with E-state index in [2.05, 4.69) is 55.0 Å². The summed E-state index contributed by atoms with van der Waals surface area (Å²) < 4.78 is 16.8. The van der Waals surface area contributed by atoms with Gasteiger partial charge in [0.1, 0.15) is 5.82 Å². The van der Waals surface area contributed by atoms with E-state index in [0.717, 1.165) is 18.4 Å². The van der Waals surface area contributed by atoms with Crippen LogP contribution in [0.15, 0.2) is 12.1 Å². The van der Waals surface area contributed by atoms with Crippen LogP contribution < -0.4 is 11.1 Å². The number of aryl methyl sites for hydroxylation is 3. The first-order valence-electron chi connectivity index (χ1n) is 9.71. The van der Waals surface area contributed by atoms with Crippen molar-refractivity contribution < 1.29 is 9.18 Å². The van der Waals surface area contributed by atoms with Gasteiger partial charge in [-0.05, 0) is 71.5 Å². The lowest BCUT2D eigenvalue weighted by atomic mass is 10.0. The van der Waals surface area contributed by atoms with Crippen molar-refractivity contribution in [2.75, 3.05) is 12.3 Å². The first kappa shape index (κ1) is 20.0. The van der Waals surface area contributed by atoms with E-state index in [1.54, 1.807) is 4.57 Å². The largest absolute Gasteiger partial charge is 0.382 e. The summed E-state index contributed by atoms with van der Waals surface area (Å²) in [6, 6.07) is 4.49. The van der Waals surface area contributed by atoms with E-state index in [1.807, 2.05) is 6.92 Å². The van der Waals surface area contributed by atoms with Crippen molar-refractivity contribution in [2.24, 2.45) is 0 Å². The molecule has 1 aromatic carbocycles. The first-order valence-corrected chi connectivity index (χ1v) is 10.8. The van der Waals surface area contributed by atoms with Crippen LogP contribution in [0.5, 0.6) is 0 Å². The topological polar surface area (TPSA) is 98.7 Å². The van der Waals surface area contributed by atoms with E-state index in [4.69, 9.17) is 5.73 Å². The van der Waals surface area contributed by atoms with Crippen LogP contribution in [0.25, 0.3) is 11.2 Å². The Hall–Kier alpha value is -2.30. The van der Waals surface area contributed by atoms with E-state index in [9.17, 15) is 9.18 Å². The number of hydrogen-bond acceptors (Lipinski definition) is 5. The molecule has 2 aromatic heterocycles. The number of nitrogens with two attached hydrogens (primary N) is 1. The maximum absolute atomic E-state index is 13.8. The molecule has 9 heteroatoms. The minimum Gasteiger partial charge on any atom is -0.382 e. The number of nitrogen functional groups attached to an aromatic ring is 1. The molecule has 0 saturated carbocycles. The SMILES string of the molecule is CCNC(=O)CCn1c(Cc2cc3c(cc2I)CCC3)nc2c(N)nc(F)nc21. The molecule has 7 nitrogen and oxygen atoms in total. The molecule has 152 valence electrons. The van der Waals surface area contributed by atoms with Crippen LogP contribution in [0, 0.1) is 9.65 Å². The number of nitrogens with zero attached hydrogens (tertiary/aromatic N) is 4. The van der Waals surface area contributed by atoms with Crippen LogP contribution in [0.3, 0.4) is 0 Å². The summed E-state index contributed by atoms with van der Waals surface area (Å²) in [5, 5.41) is 2.78. The summed E-state index contributed by atoms with van der Waals surface area (Å²) in [4.78, 5) is 24.1. The van der Waals surface area contributed by atoms with Gasteiger partial charge in [-0.3, -0.25) is 4.79 Å². The highest BCUT2D eigenvalue weighted by Crippen LogP contribution is 2.29. The average molecular weight is 508 g/mol. The zero-order valence-corrected chi connectivity index (χ0v) is 18.3. The quantitative estimate of drug-likeness (QED) is 0.394. The van der Waals surface area contributed by atoms with Crippen molar-refractivity contribution in [1.82, 2.24) is 24.8 Å². The number of rotatable bonds is 6. The predicted octanol–water partition coefficient (Wildman–Crippen LogP) is 2.76. The van der Waals surface area contributed by atoms with Crippen LogP contribution >= 0.6 is 22.6 Å². The summed E-state index contributed by atoms with van der Waals surface area (Å²) >= 11 is 2.35. The molecule has 0 saturated heterocycles. The summed E-state index contributed by atoms with van der Waals surface area (Å²) in [5.74, 6) is 0.635. The maximum atomic E-state index is 13.8. The summed E-state index contributed by atoms with van der Waals surface area (Å²) in [6.07, 6.45) is 3.31. The van der Waals surface area contributed by atoms with Crippen molar-refractivity contribution in [3.8, 4) is 0 Å². The molecule has 3 N–H and O–H groups in total. The zero-order chi connectivity index (χ0) is 20.5. The van der Waals surface area contributed by atoms with Gasteiger partial charge in [-0.2, -0.15) is 14.4 Å². The van der Waals surface area contributed by atoms with Crippen molar-refractivity contribution in [3.05, 3.63) is 44.3 Å². The predicted molar refractivity (Wildman–Crippen MR) is 117 cm³/mol. The Morgan fingerprint density at radius 1 is 1.28 bits per heavy atom. The second-order valence-corrected chi connectivity index (χ2v) is 8.34. The number of carbonyl (C=O) groups is 1. The molecule has 1 aliphatic carbocycles. The third-order valence-electron chi connectivity index (χ3n) is 5.22. The molecule has 0 fully saturated rings. The molecular formula is C20H22FIN6O. The minimum atomic E-state index is -0.896. The number of halogens is 2. The van der Waals surface area contributed by atoms with Crippen LogP contribution in [0.1, 0.15) is 42.3 Å². The zero-order valence-electron chi connectivity index (χ0n) is 16.1. The standard InChI is InChI=1S/C20H22FIN6O/c1-2-24-16(29)6-7-28-15(25-17-18(23)26-20(21)27-19(17)28)10-13-8-11-4-3-5-12(11)9-14(13)22/h8-9H,2-7,10H2,1H3,(H,24,29)(H2,23,26,27). The number of anilines is 1. The molecule has 0 aliphatic heterocycles. The number of imidazole rings is 1. The molecule has 0 radical (unpaired) electrons. The van der Waals surface area contributed by atoms with Crippen molar-refractivity contribution in [2.45, 2.75) is 45.6 Å². The smallest absolute Gasteiger partial charge is 0.312 e. The Morgan fingerprint density at radius 2 is 2.03 bits per heavy atom. The Balaban J connectivity index is 1.74. The number of carbonyl (C=O) groups excluding carboxylic acids is 1. The van der Waals surface area contributed by atoms with Crippen molar-refractivity contribution in [1.29, 1.82) is 0 Å². The van der Waals surface area contributed by atoms with E-state index in [-0.39, 0.29) is 18.1 Å². The molecule has 29 heavy (non-hydrogen) atoms. The molecule has 3 aromatic rings. The minimum absolute atomic E-state index is 0.00848. The highest BCUT2D eigenvalue weighted by Gasteiger charge is 2.20. The van der Waals surface area contributed by atoms with Crippen LogP contribution in [0.4, 0.5) is 10.2 Å². The number of nitrogens with one attached hydrogen (secondary N) is 1. The van der Waals surface area contributed by atoms with E-state index in [1.165, 1.54) is 21.1 Å².